The van der Waals surface area contributed by atoms with Crippen LogP contribution in [-0.2, 0) is 4.74 Å². The van der Waals surface area contributed by atoms with Gasteiger partial charge in [-0.3, -0.25) is 4.79 Å². The van der Waals surface area contributed by atoms with Crippen LogP contribution in [-0.4, -0.2) is 29.0 Å². The van der Waals surface area contributed by atoms with E-state index in [9.17, 15) is 9.59 Å². The maximum atomic E-state index is 12.6. The molecular weight excluding hydrogens is 356 g/mol. The summed E-state index contributed by atoms with van der Waals surface area (Å²) in [5.74, 6) is -0.524. The standard InChI is InChI=1S/C21H20N4O3/c1-13-6-4-9-17(14(13)2)24-19(26)18-10-11-22-21(25-18)23-16-8-5-7-15(12-16)20(27)28-3/h4-12H,1-3H3,(H,24,26)(H,22,23,25). The van der Waals surface area contributed by atoms with Crippen molar-refractivity contribution < 1.29 is 14.3 Å². The Kier molecular flexibility index (Phi) is 5.64. The summed E-state index contributed by atoms with van der Waals surface area (Å²) in [5.41, 5.74) is 4.06. The van der Waals surface area contributed by atoms with Crippen LogP contribution in [0.15, 0.2) is 54.7 Å². The molecule has 0 atom stereocenters. The molecule has 0 aliphatic heterocycles. The number of hydrogen-bond acceptors (Lipinski definition) is 6. The number of esters is 1. The normalized spacial score (nSPS) is 10.2. The van der Waals surface area contributed by atoms with Crippen LogP contribution >= 0.6 is 0 Å². The third-order valence-corrected chi connectivity index (χ3v) is 4.28. The molecule has 0 aliphatic rings. The Bertz CT molecular complexity index is 1030. The molecule has 1 heterocycles. The van der Waals surface area contributed by atoms with Crippen molar-refractivity contribution in [3.8, 4) is 0 Å². The first-order chi connectivity index (χ1) is 13.5. The highest BCUT2D eigenvalue weighted by molar-refractivity contribution is 6.03. The molecule has 0 aliphatic carbocycles. The smallest absolute Gasteiger partial charge is 0.337 e. The lowest BCUT2D eigenvalue weighted by Gasteiger charge is -2.11. The molecule has 0 fully saturated rings. The average Bonchev–Trinajstić information content (AvgIpc) is 2.71. The summed E-state index contributed by atoms with van der Waals surface area (Å²) in [5, 5.41) is 5.86. The molecule has 0 spiro atoms. The number of benzene rings is 2. The van der Waals surface area contributed by atoms with Gasteiger partial charge in [0, 0.05) is 17.6 Å². The molecule has 1 amide bonds. The van der Waals surface area contributed by atoms with Crippen molar-refractivity contribution in [1.82, 2.24) is 9.97 Å². The van der Waals surface area contributed by atoms with E-state index in [1.807, 2.05) is 32.0 Å². The van der Waals surface area contributed by atoms with E-state index in [2.05, 4.69) is 20.6 Å². The lowest BCUT2D eigenvalue weighted by molar-refractivity contribution is 0.0600. The molecular formula is C21H20N4O3. The number of nitrogens with zero attached hydrogens (tertiary/aromatic N) is 2. The average molecular weight is 376 g/mol. The van der Waals surface area contributed by atoms with E-state index in [-0.39, 0.29) is 17.5 Å². The predicted molar refractivity (Wildman–Crippen MR) is 107 cm³/mol. The van der Waals surface area contributed by atoms with Crippen LogP contribution in [0.4, 0.5) is 17.3 Å². The third-order valence-electron chi connectivity index (χ3n) is 4.28. The molecule has 0 saturated heterocycles. The minimum absolute atomic E-state index is 0.225. The number of nitrogens with one attached hydrogen (secondary N) is 2. The minimum Gasteiger partial charge on any atom is -0.465 e. The zero-order valence-electron chi connectivity index (χ0n) is 15.8. The van der Waals surface area contributed by atoms with Gasteiger partial charge in [0.15, 0.2) is 0 Å². The van der Waals surface area contributed by atoms with Gasteiger partial charge < -0.3 is 15.4 Å². The van der Waals surface area contributed by atoms with Gasteiger partial charge >= 0.3 is 5.97 Å². The number of methoxy groups -OCH3 is 1. The molecule has 28 heavy (non-hydrogen) atoms. The summed E-state index contributed by atoms with van der Waals surface area (Å²) in [6, 6.07) is 14.0. The first-order valence-corrected chi connectivity index (χ1v) is 8.64. The van der Waals surface area contributed by atoms with Gasteiger partial charge in [0.2, 0.25) is 5.95 Å². The largest absolute Gasteiger partial charge is 0.465 e. The second-order valence-corrected chi connectivity index (χ2v) is 6.16. The molecule has 0 saturated carbocycles. The van der Waals surface area contributed by atoms with Gasteiger partial charge in [0.25, 0.3) is 5.91 Å². The van der Waals surface area contributed by atoms with E-state index in [1.165, 1.54) is 19.4 Å². The molecule has 142 valence electrons. The monoisotopic (exact) mass is 376 g/mol. The molecule has 3 rings (SSSR count). The summed E-state index contributed by atoms with van der Waals surface area (Å²) >= 11 is 0. The molecule has 0 radical (unpaired) electrons. The topological polar surface area (TPSA) is 93.2 Å². The number of anilines is 3. The van der Waals surface area contributed by atoms with Crippen molar-refractivity contribution >= 4 is 29.2 Å². The second-order valence-electron chi connectivity index (χ2n) is 6.16. The van der Waals surface area contributed by atoms with Crippen molar-refractivity contribution in [1.29, 1.82) is 0 Å². The Balaban J connectivity index is 1.78. The maximum Gasteiger partial charge on any atom is 0.337 e. The third kappa shape index (κ3) is 4.32. The number of aromatic nitrogens is 2. The van der Waals surface area contributed by atoms with Gasteiger partial charge in [-0.25, -0.2) is 14.8 Å². The Labute approximate surface area is 162 Å². The Morgan fingerprint density at radius 3 is 2.61 bits per heavy atom. The number of carbonyl (C=O) groups excluding carboxylic acids is 2. The molecule has 2 N–H and O–H groups in total. The Morgan fingerprint density at radius 2 is 1.82 bits per heavy atom. The SMILES string of the molecule is COC(=O)c1cccc(Nc2nccc(C(=O)Nc3cccc(C)c3C)n2)c1. The fraction of sp³-hybridized carbons (Fsp3) is 0.143. The quantitative estimate of drug-likeness (QED) is 0.657. The lowest BCUT2D eigenvalue weighted by Crippen LogP contribution is -2.15. The van der Waals surface area contributed by atoms with Crippen molar-refractivity contribution in [3.63, 3.8) is 0 Å². The van der Waals surface area contributed by atoms with E-state index in [1.54, 1.807) is 24.3 Å². The summed E-state index contributed by atoms with van der Waals surface area (Å²) in [6.07, 6.45) is 1.50. The Morgan fingerprint density at radius 1 is 1.04 bits per heavy atom. The van der Waals surface area contributed by atoms with Gasteiger partial charge in [-0.1, -0.05) is 18.2 Å². The summed E-state index contributed by atoms with van der Waals surface area (Å²) in [4.78, 5) is 32.6. The summed E-state index contributed by atoms with van der Waals surface area (Å²) in [6.45, 7) is 3.94. The fourth-order valence-corrected chi connectivity index (χ4v) is 2.59. The molecule has 7 heteroatoms. The van der Waals surface area contributed by atoms with Crippen LogP contribution in [0.2, 0.25) is 0 Å². The van der Waals surface area contributed by atoms with Crippen molar-refractivity contribution in [2.75, 3.05) is 17.7 Å². The summed E-state index contributed by atoms with van der Waals surface area (Å²) < 4.78 is 4.72. The highest BCUT2D eigenvalue weighted by Crippen LogP contribution is 2.19. The van der Waals surface area contributed by atoms with Gasteiger partial charge in [-0.2, -0.15) is 0 Å². The number of rotatable bonds is 5. The van der Waals surface area contributed by atoms with E-state index >= 15 is 0 Å². The number of amides is 1. The van der Waals surface area contributed by atoms with Crippen molar-refractivity contribution in [2.24, 2.45) is 0 Å². The lowest BCUT2D eigenvalue weighted by atomic mass is 10.1. The molecule has 1 aromatic heterocycles. The highest BCUT2D eigenvalue weighted by atomic mass is 16.5. The van der Waals surface area contributed by atoms with E-state index < -0.39 is 5.97 Å². The van der Waals surface area contributed by atoms with Crippen LogP contribution in [0.25, 0.3) is 0 Å². The number of aryl methyl sites for hydroxylation is 1. The van der Waals surface area contributed by atoms with Crippen LogP contribution in [0, 0.1) is 13.8 Å². The van der Waals surface area contributed by atoms with Gasteiger partial charge in [-0.05, 0) is 55.3 Å². The molecule has 7 nitrogen and oxygen atoms in total. The van der Waals surface area contributed by atoms with Crippen LogP contribution in [0.1, 0.15) is 32.0 Å². The van der Waals surface area contributed by atoms with Gasteiger partial charge in [0.05, 0.1) is 12.7 Å². The zero-order valence-corrected chi connectivity index (χ0v) is 15.8. The van der Waals surface area contributed by atoms with Gasteiger partial charge in [0.1, 0.15) is 5.69 Å². The van der Waals surface area contributed by atoms with E-state index in [4.69, 9.17) is 4.74 Å². The van der Waals surface area contributed by atoms with Crippen molar-refractivity contribution in [3.05, 3.63) is 77.1 Å². The molecule has 0 unspecified atom stereocenters. The first-order valence-electron chi connectivity index (χ1n) is 8.64. The number of carbonyl (C=O) groups is 2. The minimum atomic E-state index is -0.439. The Hall–Kier alpha value is -3.74. The van der Waals surface area contributed by atoms with Crippen LogP contribution in [0.3, 0.4) is 0 Å². The summed E-state index contributed by atoms with van der Waals surface area (Å²) in [7, 11) is 1.32. The fourth-order valence-electron chi connectivity index (χ4n) is 2.59. The van der Waals surface area contributed by atoms with E-state index in [0.29, 0.717) is 11.3 Å². The predicted octanol–water partition coefficient (Wildman–Crippen LogP) is 3.88. The van der Waals surface area contributed by atoms with E-state index in [0.717, 1.165) is 16.8 Å². The van der Waals surface area contributed by atoms with Gasteiger partial charge in [-0.15, -0.1) is 0 Å². The number of ether oxygens (including phenoxy) is 1. The number of hydrogen-bond donors (Lipinski definition) is 2. The molecule has 0 bridgehead atoms. The molecule has 2 aromatic carbocycles. The zero-order chi connectivity index (χ0) is 20.1. The van der Waals surface area contributed by atoms with Crippen molar-refractivity contribution in [2.45, 2.75) is 13.8 Å². The first kappa shape index (κ1) is 19.0. The van der Waals surface area contributed by atoms with Crippen LogP contribution in [0.5, 0.6) is 0 Å². The second kappa shape index (κ2) is 8.30. The molecule has 3 aromatic rings. The van der Waals surface area contributed by atoms with Crippen LogP contribution < -0.4 is 10.6 Å². The maximum absolute atomic E-state index is 12.6. The highest BCUT2D eigenvalue weighted by Gasteiger charge is 2.12.